The third kappa shape index (κ3) is 11.9. The van der Waals surface area contributed by atoms with Gasteiger partial charge in [-0.3, -0.25) is 0 Å². The van der Waals surface area contributed by atoms with Gasteiger partial charge in [-0.05, 0) is 82.8 Å². The third-order valence-corrected chi connectivity index (χ3v) is 6.71. The summed E-state index contributed by atoms with van der Waals surface area (Å²) in [4.78, 5) is 30.8. The molecule has 0 fully saturated rings. The molecule has 1 aromatic rings. The Bertz CT molecular complexity index is 929. The predicted octanol–water partition coefficient (Wildman–Crippen LogP) is 5.95. The van der Waals surface area contributed by atoms with Crippen LogP contribution in [0.1, 0.15) is 77.5 Å². The SMILES string of the molecule is C=C(S/C=C\CCC)N(CCCCc1ccc2c(n1)NCCC2)CCC(NC(=O)OC(C)(C)C)C(=O)O. The van der Waals surface area contributed by atoms with Crippen molar-refractivity contribution in [3.63, 3.8) is 0 Å². The largest absolute Gasteiger partial charge is 0.480 e. The molecule has 2 rings (SSSR count). The van der Waals surface area contributed by atoms with Crippen LogP contribution in [-0.2, 0) is 22.4 Å². The molecule has 206 valence electrons. The summed E-state index contributed by atoms with van der Waals surface area (Å²) in [5.41, 5.74) is 1.68. The van der Waals surface area contributed by atoms with Crippen LogP contribution in [0.4, 0.5) is 10.6 Å². The molecular formula is C28H44N4O4S. The molecule has 9 heteroatoms. The number of nitrogens with zero attached hydrogens (tertiary/aromatic N) is 2. The Morgan fingerprint density at radius 3 is 2.81 bits per heavy atom. The monoisotopic (exact) mass is 532 g/mol. The van der Waals surface area contributed by atoms with Crippen LogP contribution in [0.5, 0.6) is 0 Å². The predicted molar refractivity (Wildman–Crippen MR) is 152 cm³/mol. The van der Waals surface area contributed by atoms with Crippen molar-refractivity contribution in [1.29, 1.82) is 0 Å². The third-order valence-electron chi connectivity index (χ3n) is 5.85. The van der Waals surface area contributed by atoms with Crippen LogP contribution in [0.25, 0.3) is 0 Å². The van der Waals surface area contributed by atoms with Gasteiger partial charge in [0.25, 0.3) is 0 Å². The van der Waals surface area contributed by atoms with Crippen molar-refractivity contribution in [2.45, 2.75) is 90.7 Å². The number of aliphatic carboxylic acids is 1. The van der Waals surface area contributed by atoms with Crippen LogP contribution in [-0.4, -0.2) is 58.3 Å². The Balaban J connectivity index is 1.93. The van der Waals surface area contributed by atoms with Gasteiger partial charge in [-0.1, -0.05) is 43.8 Å². The summed E-state index contributed by atoms with van der Waals surface area (Å²) in [6.45, 7) is 13.8. The van der Waals surface area contributed by atoms with Crippen molar-refractivity contribution in [1.82, 2.24) is 15.2 Å². The number of thioether (sulfide) groups is 1. The number of rotatable bonds is 15. The topological polar surface area (TPSA) is 104 Å². The molecule has 1 unspecified atom stereocenters. The number of carboxylic acid groups (broad SMARTS) is 1. The second-order valence-electron chi connectivity index (χ2n) is 10.3. The van der Waals surface area contributed by atoms with E-state index in [0.29, 0.717) is 6.54 Å². The molecule has 0 aromatic carbocycles. The normalized spacial score (nSPS) is 13.9. The van der Waals surface area contributed by atoms with Gasteiger partial charge in [0, 0.05) is 25.3 Å². The number of fused-ring (bicyclic) bond motifs is 1. The van der Waals surface area contributed by atoms with Crippen molar-refractivity contribution >= 4 is 29.6 Å². The van der Waals surface area contributed by atoms with Crippen LogP contribution < -0.4 is 10.6 Å². The number of aryl methyl sites for hydroxylation is 2. The molecule has 1 aromatic heterocycles. The van der Waals surface area contributed by atoms with Gasteiger partial charge in [0.2, 0.25) is 0 Å². The summed E-state index contributed by atoms with van der Waals surface area (Å²) in [6.07, 6.45) is 8.71. The van der Waals surface area contributed by atoms with Crippen LogP contribution in [0.2, 0.25) is 0 Å². The molecule has 1 aliphatic heterocycles. The maximum absolute atomic E-state index is 12.1. The molecule has 1 aliphatic rings. The van der Waals surface area contributed by atoms with E-state index in [1.54, 1.807) is 32.5 Å². The molecular weight excluding hydrogens is 488 g/mol. The number of unbranched alkanes of at least 4 members (excludes halogenated alkanes) is 2. The summed E-state index contributed by atoms with van der Waals surface area (Å²) in [6, 6.07) is 3.26. The molecule has 0 saturated heterocycles. The lowest BCUT2D eigenvalue weighted by molar-refractivity contribution is -0.139. The van der Waals surface area contributed by atoms with E-state index in [4.69, 9.17) is 9.72 Å². The van der Waals surface area contributed by atoms with E-state index in [2.05, 4.69) is 47.2 Å². The first-order valence-electron chi connectivity index (χ1n) is 13.3. The number of allylic oxidation sites excluding steroid dienone is 1. The van der Waals surface area contributed by atoms with E-state index in [1.807, 2.05) is 5.41 Å². The van der Waals surface area contributed by atoms with Gasteiger partial charge in [0.15, 0.2) is 0 Å². The zero-order valence-corrected chi connectivity index (χ0v) is 23.7. The molecule has 0 bridgehead atoms. The van der Waals surface area contributed by atoms with Gasteiger partial charge < -0.3 is 25.4 Å². The summed E-state index contributed by atoms with van der Waals surface area (Å²) >= 11 is 1.55. The minimum Gasteiger partial charge on any atom is -0.480 e. The number of ether oxygens (including phenoxy) is 1. The van der Waals surface area contributed by atoms with Crippen molar-refractivity contribution in [2.75, 3.05) is 25.0 Å². The molecule has 37 heavy (non-hydrogen) atoms. The molecule has 1 atom stereocenters. The second kappa shape index (κ2) is 15.5. The average Bonchev–Trinajstić information content (AvgIpc) is 2.83. The molecule has 0 aliphatic carbocycles. The highest BCUT2D eigenvalue weighted by molar-refractivity contribution is 8.05. The summed E-state index contributed by atoms with van der Waals surface area (Å²) in [5, 5.41) is 18.4. The number of alkyl carbamates (subject to hydrolysis) is 1. The van der Waals surface area contributed by atoms with Gasteiger partial charge in [-0.2, -0.15) is 0 Å². The Morgan fingerprint density at radius 2 is 2.11 bits per heavy atom. The van der Waals surface area contributed by atoms with E-state index in [1.165, 1.54) is 5.56 Å². The van der Waals surface area contributed by atoms with E-state index in [-0.39, 0.29) is 6.42 Å². The second-order valence-corrected chi connectivity index (χ2v) is 11.3. The standard InChI is InChI=1S/C28H44N4O4S/c1-6-7-10-20-37-21(2)32(19-16-24(26(33)34)31-27(35)36-28(3,4)5)18-9-8-13-23-15-14-22-12-11-17-29-25(22)30-23/h10,14-15,20,24H,2,6-9,11-13,16-19H2,1,3-5H3,(H,29,30)(H,31,35)(H,33,34)/b20-10-. The summed E-state index contributed by atoms with van der Waals surface area (Å²) < 4.78 is 5.24. The van der Waals surface area contributed by atoms with E-state index in [0.717, 1.165) is 74.6 Å². The first kappa shape index (κ1) is 30.5. The highest BCUT2D eigenvalue weighted by Gasteiger charge is 2.24. The van der Waals surface area contributed by atoms with Crippen LogP contribution in [0.3, 0.4) is 0 Å². The average molecular weight is 533 g/mol. The molecule has 1 amide bonds. The van der Waals surface area contributed by atoms with Crippen molar-refractivity contribution in [3.05, 3.63) is 46.5 Å². The van der Waals surface area contributed by atoms with Gasteiger partial charge in [-0.15, -0.1) is 0 Å². The van der Waals surface area contributed by atoms with E-state index in [9.17, 15) is 14.7 Å². The lowest BCUT2D eigenvalue weighted by Crippen LogP contribution is -2.45. The number of anilines is 1. The molecule has 0 saturated carbocycles. The fourth-order valence-corrected chi connectivity index (χ4v) is 4.63. The number of hydrogen-bond donors (Lipinski definition) is 3. The van der Waals surface area contributed by atoms with Crippen LogP contribution in [0.15, 0.2) is 35.2 Å². The molecule has 8 nitrogen and oxygen atoms in total. The summed E-state index contributed by atoms with van der Waals surface area (Å²) in [5.74, 6) is -0.0646. The highest BCUT2D eigenvalue weighted by atomic mass is 32.2. The minimum absolute atomic E-state index is 0.241. The fraction of sp³-hybridized carbons (Fsp3) is 0.607. The van der Waals surface area contributed by atoms with Gasteiger partial charge in [0.05, 0.1) is 5.03 Å². The zero-order chi connectivity index (χ0) is 27.3. The summed E-state index contributed by atoms with van der Waals surface area (Å²) in [7, 11) is 0. The molecule has 2 heterocycles. The number of hydrogen-bond acceptors (Lipinski definition) is 7. The van der Waals surface area contributed by atoms with Gasteiger partial charge in [0.1, 0.15) is 17.5 Å². The highest BCUT2D eigenvalue weighted by Crippen LogP contribution is 2.23. The van der Waals surface area contributed by atoms with Crippen molar-refractivity contribution in [2.24, 2.45) is 0 Å². The number of nitrogens with one attached hydrogen (secondary N) is 2. The number of amides is 1. The minimum atomic E-state index is -1.08. The van der Waals surface area contributed by atoms with E-state index >= 15 is 0 Å². The maximum atomic E-state index is 12.1. The number of pyridine rings is 1. The molecule has 0 spiro atoms. The first-order valence-corrected chi connectivity index (χ1v) is 14.2. The lowest BCUT2D eigenvalue weighted by Gasteiger charge is -2.28. The Labute approximate surface area is 226 Å². The van der Waals surface area contributed by atoms with Crippen molar-refractivity contribution in [3.8, 4) is 0 Å². The van der Waals surface area contributed by atoms with E-state index < -0.39 is 23.7 Å². The smallest absolute Gasteiger partial charge is 0.408 e. The maximum Gasteiger partial charge on any atom is 0.408 e. The Hall–Kier alpha value is -2.68. The van der Waals surface area contributed by atoms with Crippen LogP contribution in [0, 0.1) is 0 Å². The van der Waals surface area contributed by atoms with Gasteiger partial charge >= 0.3 is 12.1 Å². The molecule has 3 N–H and O–H groups in total. The number of aromatic nitrogens is 1. The van der Waals surface area contributed by atoms with Crippen LogP contribution >= 0.6 is 11.8 Å². The molecule has 0 radical (unpaired) electrons. The quantitative estimate of drug-likeness (QED) is 0.238. The Morgan fingerprint density at radius 1 is 1.32 bits per heavy atom. The number of carbonyl (C=O) groups excluding carboxylic acids is 1. The van der Waals surface area contributed by atoms with Gasteiger partial charge in [-0.25, -0.2) is 14.6 Å². The van der Waals surface area contributed by atoms with Crippen molar-refractivity contribution < 1.29 is 19.4 Å². The number of carbonyl (C=O) groups is 2. The fourth-order valence-electron chi connectivity index (χ4n) is 3.91. The first-order chi connectivity index (χ1) is 17.6. The Kier molecular flexibility index (Phi) is 12.8. The number of carboxylic acids is 1. The zero-order valence-electron chi connectivity index (χ0n) is 22.8. The lowest BCUT2D eigenvalue weighted by atomic mass is 10.1.